The maximum atomic E-state index is 5.40. The van der Waals surface area contributed by atoms with Gasteiger partial charge in [0.15, 0.2) is 0 Å². The highest BCUT2D eigenvalue weighted by Crippen LogP contribution is 2.40. The molecule has 5 heteroatoms. The molecule has 1 N–H and O–H groups in total. The second kappa shape index (κ2) is 8.75. The minimum absolute atomic E-state index is 0.126. The maximum absolute atomic E-state index is 5.40. The highest BCUT2D eigenvalue weighted by Gasteiger charge is 2.23. The number of nitrogens with zero attached hydrogens (tertiary/aromatic N) is 3. The molecule has 1 atom stereocenters. The first-order valence-corrected chi connectivity index (χ1v) is 11.3. The molecule has 0 saturated heterocycles. The summed E-state index contributed by atoms with van der Waals surface area (Å²) in [5.74, 6) is 3.23. The Hall–Kier alpha value is -3.18. The van der Waals surface area contributed by atoms with Gasteiger partial charge in [-0.1, -0.05) is 55.0 Å². The molecule has 2 aromatic carbocycles. The Bertz CT molecular complexity index is 1220. The number of fused-ring (bicyclic) bond motifs is 1. The third-order valence-corrected chi connectivity index (χ3v) is 6.29. The summed E-state index contributed by atoms with van der Waals surface area (Å²) in [5.41, 5.74) is 6.84. The highest BCUT2D eigenvalue weighted by atomic mass is 16.5. The average molecular weight is 426 g/mol. The predicted molar refractivity (Wildman–Crippen MR) is 130 cm³/mol. The van der Waals surface area contributed by atoms with Gasteiger partial charge in [-0.05, 0) is 43.4 Å². The van der Waals surface area contributed by atoms with Crippen molar-refractivity contribution in [3.8, 4) is 22.4 Å². The van der Waals surface area contributed by atoms with Crippen LogP contribution in [-0.4, -0.2) is 34.1 Å². The van der Waals surface area contributed by atoms with E-state index in [2.05, 4.69) is 72.7 Å². The Balaban J connectivity index is 1.72. The number of nitrogens with one attached hydrogen (secondary N) is 1. The second-order valence-electron chi connectivity index (χ2n) is 8.63. The van der Waals surface area contributed by atoms with Crippen LogP contribution in [0.2, 0.25) is 0 Å². The number of aryl methyl sites for hydroxylation is 1. The Labute approximate surface area is 189 Å². The van der Waals surface area contributed by atoms with Crippen molar-refractivity contribution in [2.75, 3.05) is 19.0 Å². The van der Waals surface area contributed by atoms with Crippen LogP contribution in [0.25, 0.3) is 28.2 Å². The molecule has 1 radical (unpaired) electrons. The zero-order valence-electron chi connectivity index (χ0n) is 18.9. The van der Waals surface area contributed by atoms with E-state index >= 15 is 0 Å². The Kier molecular flexibility index (Phi) is 5.66. The lowest BCUT2D eigenvalue weighted by molar-refractivity contribution is 0.190. The van der Waals surface area contributed by atoms with Gasteiger partial charge < -0.3 is 10.1 Å². The molecular weight excluding hydrogens is 396 g/mol. The molecule has 0 bridgehead atoms. The van der Waals surface area contributed by atoms with Gasteiger partial charge in [-0.3, -0.25) is 4.40 Å². The maximum Gasteiger partial charge on any atom is 0.235 e. The molecule has 163 valence electrons. The lowest BCUT2D eigenvalue weighted by atomic mass is 9.80. The van der Waals surface area contributed by atoms with Gasteiger partial charge in [0.25, 0.3) is 0 Å². The van der Waals surface area contributed by atoms with Crippen molar-refractivity contribution < 1.29 is 4.74 Å². The van der Waals surface area contributed by atoms with Crippen LogP contribution in [0.3, 0.4) is 0 Å². The molecular formula is C27H29N4O. The smallest absolute Gasteiger partial charge is 0.235 e. The fraction of sp³-hybridized carbons (Fsp3) is 0.296. The summed E-state index contributed by atoms with van der Waals surface area (Å²) in [5, 5.41) is 3.68. The van der Waals surface area contributed by atoms with Gasteiger partial charge in [-0.15, -0.1) is 0 Å². The number of imidazole rings is 1. The van der Waals surface area contributed by atoms with Crippen molar-refractivity contribution in [1.82, 2.24) is 14.4 Å². The summed E-state index contributed by atoms with van der Waals surface area (Å²) in [6, 6.07) is 17.5. The van der Waals surface area contributed by atoms with Crippen molar-refractivity contribution in [2.24, 2.45) is 0 Å². The number of aromatic nitrogens is 3. The van der Waals surface area contributed by atoms with E-state index in [1.165, 1.54) is 30.4 Å². The minimum atomic E-state index is 0.126. The van der Waals surface area contributed by atoms with Crippen LogP contribution >= 0.6 is 0 Å². The van der Waals surface area contributed by atoms with E-state index in [1.807, 2.05) is 10.6 Å². The van der Waals surface area contributed by atoms with Gasteiger partial charge in [-0.2, -0.15) is 0 Å². The quantitative estimate of drug-likeness (QED) is 0.399. The molecule has 5 rings (SSSR count). The molecule has 0 unspecified atom stereocenters. The zero-order valence-corrected chi connectivity index (χ0v) is 18.9. The zero-order chi connectivity index (χ0) is 22.1. The summed E-state index contributed by atoms with van der Waals surface area (Å²) >= 11 is 0. The number of hydrogen-bond donors (Lipinski definition) is 1. The van der Waals surface area contributed by atoms with Crippen LogP contribution in [0.4, 0.5) is 5.82 Å². The first-order chi connectivity index (χ1) is 15.7. The van der Waals surface area contributed by atoms with Crippen molar-refractivity contribution in [1.29, 1.82) is 0 Å². The SMILES string of the molecule is COC[C@H](C)Nc1c(-c2ccccc2C)c(-c2ccc([C]3CCC3)cc2)nc2nccn12. The van der Waals surface area contributed by atoms with Crippen LogP contribution in [0.1, 0.15) is 37.3 Å². The summed E-state index contributed by atoms with van der Waals surface area (Å²) in [4.78, 5) is 9.54. The Morgan fingerprint density at radius 3 is 2.50 bits per heavy atom. The lowest BCUT2D eigenvalue weighted by Crippen LogP contribution is -2.23. The van der Waals surface area contributed by atoms with Crippen molar-refractivity contribution in [2.45, 2.75) is 39.2 Å². The van der Waals surface area contributed by atoms with Gasteiger partial charge in [0, 0.05) is 42.6 Å². The molecule has 0 aliphatic heterocycles. The fourth-order valence-corrected chi connectivity index (χ4v) is 4.43. The number of anilines is 1. The molecule has 5 nitrogen and oxygen atoms in total. The Morgan fingerprint density at radius 1 is 1.06 bits per heavy atom. The number of rotatable bonds is 7. The first kappa shape index (κ1) is 20.7. The highest BCUT2D eigenvalue weighted by molar-refractivity contribution is 5.91. The molecule has 4 aromatic rings. The van der Waals surface area contributed by atoms with Crippen LogP contribution in [0.5, 0.6) is 0 Å². The van der Waals surface area contributed by atoms with Crippen LogP contribution in [0, 0.1) is 12.8 Å². The minimum Gasteiger partial charge on any atom is -0.383 e. The molecule has 0 amide bonds. The molecule has 32 heavy (non-hydrogen) atoms. The largest absolute Gasteiger partial charge is 0.383 e. The number of benzene rings is 2. The third-order valence-electron chi connectivity index (χ3n) is 6.29. The number of ether oxygens (including phenoxy) is 1. The molecule has 2 heterocycles. The van der Waals surface area contributed by atoms with Gasteiger partial charge in [0.2, 0.25) is 5.78 Å². The Morgan fingerprint density at radius 2 is 1.81 bits per heavy atom. The van der Waals surface area contributed by atoms with Crippen LogP contribution in [-0.2, 0) is 4.74 Å². The third kappa shape index (κ3) is 3.78. The van der Waals surface area contributed by atoms with E-state index in [1.54, 1.807) is 19.2 Å². The summed E-state index contributed by atoms with van der Waals surface area (Å²) < 4.78 is 7.44. The number of methoxy groups -OCH3 is 1. The summed E-state index contributed by atoms with van der Waals surface area (Å²) in [6.45, 7) is 4.88. The molecule has 1 aliphatic rings. The topological polar surface area (TPSA) is 51.5 Å². The molecule has 1 aliphatic carbocycles. The van der Waals surface area contributed by atoms with Crippen LogP contribution < -0.4 is 5.32 Å². The van der Waals surface area contributed by atoms with E-state index in [0.717, 1.165) is 28.2 Å². The molecule has 1 saturated carbocycles. The van der Waals surface area contributed by atoms with E-state index in [0.29, 0.717) is 12.4 Å². The summed E-state index contributed by atoms with van der Waals surface area (Å²) in [7, 11) is 1.73. The van der Waals surface area contributed by atoms with E-state index in [4.69, 9.17) is 9.72 Å². The molecule has 1 fully saturated rings. The van der Waals surface area contributed by atoms with Crippen LogP contribution in [0.15, 0.2) is 60.9 Å². The van der Waals surface area contributed by atoms with Gasteiger partial charge in [0.05, 0.1) is 12.3 Å². The first-order valence-electron chi connectivity index (χ1n) is 11.3. The molecule has 0 spiro atoms. The average Bonchev–Trinajstić information content (AvgIpc) is 3.23. The standard InChI is InChI=1S/C27H29N4O/c1-18-7-4-5-10-23(18)24-25(22-13-11-21(12-14-22)20-8-6-9-20)30-27-28-15-16-31(27)26(24)29-19(2)17-32-3/h4-5,7,10-16,19,29H,6,8-9,17H2,1-3H3/t19-/m0/s1. The van der Waals surface area contributed by atoms with E-state index in [-0.39, 0.29) is 6.04 Å². The van der Waals surface area contributed by atoms with Crippen molar-refractivity contribution in [3.05, 3.63) is 78.0 Å². The van der Waals surface area contributed by atoms with Crippen molar-refractivity contribution in [3.63, 3.8) is 0 Å². The van der Waals surface area contributed by atoms with Crippen molar-refractivity contribution >= 4 is 11.6 Å². The van der Waals surface area contributed by atoms with E-state index in [9.17, 15) is 0 Å². The summed E-state index contributed by atoms with van der Waals surface area (Å²) in [6.07, 6.45) is 7.51. The van der Waals surface area contributed by atoms with E-state index < -0.39 is 0 Å². The predicted octanol–water partition coefficient (Wildman–Crippen LogP) is 5.93. The van der Waals surface area contributed by atoms with Gasteiger partial charge in [0.1, 0.15) is 5.82 Å². The molecule has 2 aromatic heterocycles. The fourth-order valence-electron chi connectivity index (χ4n) is 4.43. The lowest BCUT2D eigenvalue weighted by Gasteiger charge is -2.25. The second-order valence-corrected chi connectivity index (χ2v) is 8.63. The van der Waals surface area contributed by atoms with Gasteiger partial charge in [-0.25, -0.2) is 9.97 Å². The van der Waals surface area contributed by atoms with Gasteiger partial charge >= 0.3 is 0 Å². The number of hydrogen-bond acceptors (Lipinski definition) is 4. The monoisotopic (exact) mass is 425 g/mol. The normalized spacial score (nSPS) is 15.0.